The lowest BCUT2D eigenvalue weighted by Gasteiger charge is -2.36. The van der Waals surface area contributed by atoms with Crippen molar-refractivity contribution in [3.63, 3.8) is 0 Å². The summed E-state index contributed by atoms with van der Waals surface area (Å²) in [6, 6.07) is 2.31. The van der Waals surface area contributed by atoms with Crippen LogP contribution in [0.1, 0.15) is 5.56 Å². The maximum atomic E-state index is 14.2. The van der Waals surface area contributed by atoms with E-state index in [0.29, 0.717) is 57.6 Å². The monoisotopic (exact) mass is 412 g/mol. The van der Waals surface area contributed by atoms with Crippen molar-refractivity contribution in [2.75, 3.05) is 67.2 Å². The number of alkyl halides is 3. The van der Waals surface area contributed by atoms with E-state index in [2.05, 4.69) is 19.9 Å². The molecule has 0 aliphatic carbocycles. The minimum Gasteiger partial charge on any atom is -0.378 e. The Bertz CT molecular complexity index is 850. The Balaban J connectivity index is 1.42. The van der Waals surface area contributed by atoms with Crippen LogP contribution in [0.3, 0.4) is 0 Å². The van der Waals surface area contributed by atoms with Gasteiger partial charge in [-0.2, -0.15) is 18.2 Å². The lowest BCUT2D eigenvalue weighted by molar-refractivity contribution is -0.138. The van der Waals surface area contributed by atoms with Gasteiger partial charge in [0.05, 0.1) is 18.8 Å². The first-order chi connectivity index (χ1) is 13.9. The number of piperazine rings is 1. The molecule has 2 aromatic rings. The quantitative estimate of drug-likeness (QED) is 0.717. The second-order valence-electron chi connectivity index (χ2n) is 6.82. The molecular weight excluding hydrogens is 392 g/mol. The molecule has 0 amide bonds. The van der Waals surface area contributed by atoms with Gasteiger partial charge in [0.1, 0.15) is 5.82 Å². The van der Waals surface area contributed by atoms with E-state index < -0.39 is 17.6 Å². The standard InChI is InChI=1S/C18H20F4N6O/c19-14-11-13(18(20,21)22)12-24-16(14)27-5-3-26(4-6-27)15-1-2-23-17(25-15)28-7-9-29-10-8-28/h1-2,11-12H,3-10H2. The third kappa shape index (κ3) is 4.34. The second-order valence-corrected chi connectivity index (χ2v) is 6.82. The van der Waals surface area contributed by atoms with Crippen LogP contribution in [0.2, 0.25) is 0 Å². The summed E-state index contributed by atoms with van der Waals surface area (Å²) in [5.41, 5.74) is -1.09. The zero-order valence-corrected chi connectivity index (χ0v) is 15.6. The second kappa shape index (κ2) is 7.97. The van der Waals surface area contributed by atoms with Crippen molar-refractivity contribution in [1.29, 1.82) is 0 Å². The van der Waals surface area contributed by atoms with Crippen LogP contribution in [0.5, 0.6) is 0 Å². The number of anilines is 3. The van der Waals surface area contributed by atoms with Crippen molar-refractivity contribution in [1.82, 2.24) is 15.0 Å². The molecule has 156 valence electrons. The van der Waals surface area contributed by atoms with Crippen LogP contribution in [-0.4, -0.2) is 67.4 Å². The molecule has 29 heavy (non-hydrogen) atoms. The smallest absolute Gasteiger partial charge is 0.378 e. The Hall–Kier alpha value is -2.69. The molecule has 2 saturated heterocycles. The van der Waals surface area contributed by atoms with E-state index in [9.17, 15) is 17.6 Å². The van der Waals surface area contributed by atoms with Gasteiger partial charge in [-0.1, -0.05) is 0 Å². The topological polar surface area (TPSA) is 57.6 Å². The van der Waals surface area contributed by atoms with E-state index in [0.717, 1.165) is 18.9 Å². The highest BCUT2D eigenvalue weighted by Crippen LogP contribution is 2.31. The number of hydrogen-bond donors (Lipinski definition) is 0. The zero-order chi connectivity index (χ0) is 20.4. The molecule has 7 nitrogen and oxygen atoms in total. The Morgan fingerprint density at radius 3 is 2.24 bits per heavy atom. The van der Waals surface area contributed by atoms with E-state index in [1.165, 1.54) is 0 Å². The number of nitrogens with zero attached hydrogens (tertiary/aromatic N) is 6. The summed E-state index contributed by atoms with van der Waals surface area (Å²) in [5.74, 6) is 0.380. The molecule has 4 rings (SSSR count). The Morgan fingerprint density at radius 2 is 1.59 bits per heavy atom. The van der Waals surface area contributed by atoms with Gasteiger partial charge in [0.25, 0.3) is 0 Å². The molecule has 11 heteroatoms. The normalized spacial score (nSPS) is 18.3. The maximum Gasteiger partial charge on any atom is 0.417 e. The fourth-order valence-electron chi connectivity index (χ4n) is 3.40. The molecule has 2 aliphatic rings. The summed E-state index contributed by atoms with van der Waals surface area (Å²) in [6.45, 7) is 4.67. The van der Waals surface area contributed by atoms with Crippen molar-refractivity contribution in [2.24, 2.45) is 0 Å². The number of halogens is 4. The van der Waals surface area contributed by atoms with Gasteiger partial charge >= 0.3 is 6.18 Å². The summed E-state index contributed by atoms with van der Waals surface area (Å²) in [4.78, 5) is 18.4. The van der Waals surface area contributed by atoms with Gasteiger partial charge < -0.3 is 19.4 Å². The van der Waals surface area contributed by atoms with Crippen LogP contribution in [0.25, 0.3) is 0 Å². The fraction of sp³-hybridized carbons (Fsp3) is 0.500. The van der Waals surface area contributed by atoms with Crippen LogP contribution in [0, 0.1) is 5.82 Å². The highest BCUT2D eigenvalue weighted by molar-refractivity contribution is 5.48. The summed E-state index contributed by atoms with van der Waals surface area (Å²) in [5, 5.41) is 0. The molecule has 0 saturated carbocycles. The molecule has 0 spiro atoms. The van der Waals surface area contributed by atoms with Crippen LogP contribution in [0.15, 0.2) is 24.5 Å². The fourth-order valence-corrected chi connectivity index (χ4v) is 3.40. The van der Waals surface area contributed by atoms with Crippen molar-refractivity contribution >= 4 is 17.6 Å². The lowest BCUT2D eigenvalue weighted by atomic mass is 10.2. The number of hydrogen-bond acceptors (Lipinski definition) is 7. The van der Waals surface area contributed by atoms with E-state index in [1.54, 1.807) is 11.1 Å². The third-order valence-corrected chi connectivity index (χ3v) is 4.97. The minimum absolute atomic E-state index is 0.0608. The molecule has 0 aromatic carbocycles. The Labute approximate surface area is 164 Å². The molecule has 0 N–H and O–H groups in total. The molecular formula is C18H20F4N6O. The molecule has 2 aromatic heterocycles. The predicted octanol–water partition coefficient (Wildman–Crippen LogP) is 2.19. The number of aromatic nitrogens is 3. The van der Waals surface area contributed by atoms with Gasteiger partial charge in [-0.15, -0.1) is 0 Å². The van der Waals surface area contributed by atoms with Crippen LogP contribution in [0.4, 0.5) is 35.1 Å². The van der Waals surface area contributed by atoms with Crippen molar-refractivity contribution in [2.45, 2.75) is 6.18 Å². The molecule has 0 unspecified atom stereocenters. The van der Waals surface area contributed by atoms with Gasteiger partial charge in [0.2, 0.25) is 5.95 Å². The van der Waals surface area contributed by atoms with E-state index in [4.69, 9.17) is 4.74 Å². The van der Waals surface area contributed by atoms with Gasteiger partial charge in [-0.25, -0.2) is 14.4 Å². The van der Waals surface area contributed by atoms with E-state index >= 15 is 0 Å². The highest BCUT2D eigenvalue weighted by Gasteiger charge is 2.33. The first kappa shape index (κ1) is 19.6. The van der Waals surface area contributed by atoms with Gasteiger partial charge in [0, 0.05) is 51.7 Å². The van der Waals surface area contributed by atoms with Crippen molar-refractivity contribution < 1.29 is 22.3 Å². The number of ether oxygens (including phenoxy) is 1. The summed E-state index contributed by atoms with van der Waals surface area (Å²) < 4.78 is 57.6. The molecule has 0 radical (unpaired) electrons. The summed E-state index contributed by atoms with van der Waals surface area (Å²) in [7, 11) is 0. The molecule has 2 aliphatic heterocycles. The first-order valence-electron chi connectivity index (χ1n) is 9.30. The molecule has 0 bridgehead atoms. The van der Waals surface area contributed by atoms with Crippen molar-refractivity contribution in [3.8, 4) is 0 Å². The molecule has 0 atom stereocenters. The molecule has 2 fully saturated rings. The number of morpholine rings is 1. The predicted molar refractivity (Wildman–Crippen MR) is 98.7 cm³/mol. The van der Waals surface area contributed by atoms with Crippen LogP contribution in [-0.2, 0) is 10.9 Å². The minimum atomic E-state index is -4.61. The number of rotatable bonds is 3. The van der Waals surface area contributed by atoms with E-state index in [-0.39, 0.29) is 5.82 Å². The maximum absolute atomic E-state index is 14.2. The lowest BCUT2D eigenvalue weighted by Crippen LogP contribution is -2.47. The molecule has 4 heterocycles. The average molecular weight is 412 g/mol. The Morgan fingerprint density at radius 1 is 0.897 bits per heavy atom. The first-order valence-corrected chi connectivity index (χ1v) is 9.30. The zero-order valence-electron chi connectivity index (χ0n) is 15.6. The third-order valence-electron chi connectivity index (χ3n) is 4.97. The van der Waals surface area contributed by atoms with E-state index in [1.807, 2.05) is 11.0 Å². The highest BCUT2D eigenvalue weighted by atomic mass is 19.4. The van der Waals surface area contributed by atoms with Crippen LogP contribution >= 0.6 is 0 Å². The van der Waals surface area contributed by atoms with Crippen molar-refractivity contribution in [3.05, 3.63) is 35.9 Å². The summed E-state index contributed by atoms with van der Waals surface area (Å²) >= 11 is 0. The largest absolute Gasteiger partial charge is 0.417 e. The average Bonchev–Trinajstić information content (AvgIpc) is 2.74. The summed E-state index contributed by atoms with van der Waals surface area (Å²) in [6.07, 6.45) is -2.24. The number of pyridine rings is 1. The van der Waals surface area contributed by atoms with Gasteiger partial charge in [-0.05, 0) is 12.1 Å². The van der Waals surface area contributed by atoms with Gasteiger partial charge in [0.15, 0.2) is 11.6 Å². The SMILES string of the molecule is Fc1cc(C(F)(F)F)cnc1N1CCN(c2ccnc(N3CCOCC3)n2)CC1. The van der Waals surface area contributed by atoms with Crippen LogP contribution < -0.4 is 14.7 Å². The Kier molecular flexibility index (Phi) is 5.39. The van der Waals surface area contributed by atoms with Gasteiger partial charge in [-0.3, -0.25) is 0 Å².